The van der Waals surface area contributed by atoms with Crippen LogP contribution in [0.5, 0.6) is 11.5 Å². The van der Waals surface area contributed by atoms with E-state index in [1.807, 2.05) is 24.3 Å². The maximum Gasteiger partial charge on any atom is 0.255 e. The van der Waals surface area contributed by atoms with E-state index in [0.717, 1.165) is 5.56 Å². The van der Waals surface area contributed by atoms with Gasteiger partial charge in [0.25, 0.3) is 5.91 Å². The van der Waals surface area contributed by atoms with E-state index < -0.39 is 0 Å². The van der Waals surface area contributed by atoms with Crippen LogP contribution >= 0.6 is 0 Å². The van der Waals surface area contributed by atoms with E-state index in [1.54, 1.807) is 54.6 Å². The smallest absolute Gasteiger partial charge is 0.255 e. The summed E-state index contributed by atoms with van der Waals surface area (Å²) in [5, 5.41) is 5.64. The van der Waals surface area contributed by atoms with Crippen LogP contribution in [-0.2, 0) is 4.79 Å². The molecule has 3 aromatic rings. The van der Waals surface area contributed by atoms with Gasteiger partial charge in [-0.15, -0.1) is 0 Å². The van der Waals surface area contributed by atoms with Gasteiger partial charge in [0.05, 0.1) is 11.4 Å². The molecule has 0 atom stereocenters. The second-order valence-corrected chi connectivity index (χ2v) is 6.59. The quantitative estimate of drug-likeness (QED) is 0.624. The molecule has 0 saturated heterocycles. The molecule has 4 rings (SSSR count). The Labute approximate surface area is 174 Å². The summed E-state index contributed by atoms with van der Waals surface area (Å²) < 4.78 is 11.1. The number of nitrogens with one attached hydrogen (secondary N) is 2. The van der Waals surface area contributed by atoms with Crippen molar-refractivity contribution in [3.8, 4) is 11.5 Å². The minimum Gasteiger partial charge on any atom is -0.486 e. The number of hydrogen-bond donors (Lipinski definition) is 2. The topological polar surface area (TPSA) is 76.7 Å². The Kier molecular flexibility index (Phi) is 5.75. The van der Waals surface area contributed by atoms with Gasteiger partial charge in [-0.05, 0) is 48.0 Å². The molecule has 3 aromatic carbocycles. The number of carbonyl (C=O) groups is 2. The lowest BCUT2D eigenvalue weighted by atomic mass is 10.1. The maximum atomic E-state index is 12.4. The fourth-order valence-corrected chi connectivity index (χ4v) is 3.00. The number of benzene rings is 3. The highest BCUT2D eigenvalue weighted by Crippen LogP contribution is 2.31. The zero-order valence-corrected chi connectivity index (χ0v) is 16.1. The first kappa shape index (κ1) is 19.3. The van der Waals surface area contributed by atoms with Crippen molar-refractivity contribution in [2.45, 2.75) is 0 Å². The third-order valence-corrected chi connectivity index (χ3v) is 4.46. The van der Waals surface area contributed by atoms with Crippen molar-refractivity contribution in [3.63, 3.8) is 0 Å². The molecular weight excluding hydrogens is 380 g/mol. The Bertz CT molecular complexity index is 1090. The van der Waals surface area contributed by atoms with Gasteiger partial charge >= 0.3 is 0 Å². The third kappa shape index (κ3) is 4.67. The Hall–Kier alpha value is -4.06. The summed E-state index contributed by atoms with van der Waals surface area (Å²) in [7, 11) is 0. The van der Waals surface area contributed by atoms with E-state index in [9.17, 15) is 9.59 Å². The van der Waals surface area contributed by atoms with Gasteiger partial charge in [-0.3, -0.25) is 9.59 Å². The second kappa shape index (κ2) is 8.96. The highest BCUT2D eigenvalue weighted by Gasteiger charge is 2.12. The van der Waals surface area contributed by atoms with Crippen LogP contribution in [0, 0.1) is 0 Å². The summed E-state index contributed by atoms with van der Waals surface area (Å²) in [5.41, 5.74) is 2.39. The third-order valence-electron chi connectivity index (χ3n) is 4.46. The minimum atomic E-state index is -0.314. The van der Waals surface area contributed by atoms with E-state index in [4.69, 9.17) is 9.47 Å². The molecule has 0 aromatic heterocycles. The zero-order chi connectivity index (χ0) is 20.8. The molecule has 0 spiro atoms. The molecule has 1 aliphatic rings. The molecule has 1 aliphatic heterocycles. The normalized spacial score (nSPS) is 12.4. The number of rotatable bonds is 5. The summed E-state index contributed by atoms with van der Waals surface area (Å²) >= 11 is 0. The standard InChI is InChI=1S/C24H20N2O4/c27-23(13-11-17-10-12-21-22(16-17)30-15-14-29-21)25-19-8-4-5-9-20(19)26-24(28)18-6-2-1-3-7-18/h1-13,16H,14-15H2,(H,25,27)(H,26,28)/b13-11+. The summed E-state index contributed by atoms with van der Waals surface area (Å²) in [5.74, 6) is 0.805. The number of para-hydroxylation sites is 2. The predicted octanol–water partition coefficient (Wildman–Crippen LogP) is 4.36. The molecule has 6 heteroatoms. The molecule has 0 saturated carbocycles. The maximum absolute atomic E-state index is 12.4. The lowest BCUT2D eigenvalue weighted by Gasteiger charge is -2.18. The average Bonchev–Trinajstić information content (AvgIpc) is 2.79. The average molecular weight is 400 g/mol. The minimum absolute atomic E-state index is 0.246. The fraction of sp³-hybridized carbons (Fsp3) is 0.0833. The number of hydrogen-bond acceptors (Lipinski definition) is 4. The Balaban J connectivity index is 1.43. The van der Waals surface area contributed by atoms with Crippen LogP contribution in [0.25, 0.3) is 6.08 Å². The second-order valence-electron chi connectivity index (χ2n) is 6.59. The number of amides is 2. The van der Waals surface area contributed by atoms with Crippen molar-refractivity contribution in [1.29, 1.82) is 0 Å². The molecule has 2 amide bonds. The van der Waals surface area contributed by atoms with Gasteiger partial charge in [0.1, 0.15) is 13.2 Å². The highest BCUT2D eigenvalue weighted by atomic mass is 16.6. The van der Waals surface area contributed by atoms with Gasteiger partial charge < -0.3 is 20.1 Å². The predicted molar refractivity (Wildman–Crippen MR) is 116 cm³/mol. The molecule has 0 bridgehead atoms. The first-order valence-electron chi connectivity index (χ1n) is 9.53. The largest absolute Gasteiger partial charge is 0.486 e. The van der Waals surface area contributed by atoms with Crippen LogP contribution in [0.4, 0.5) is 11.4 Å². The number of carbonyl (C=O) groups excluding carboxylic acids is 2. The van der Waals surface area contributed by atoms with Gasteiger partial charge in [-0.1, -0.05) is 36.4 Å². The van der Waals surface area contributed by atoms with Crippen molar-refractivity contribution >= 4 is 29.3 Å². The lowest BCUT2D eigenvalue weighted by Crippen LogP contribution is -2.15. The Morgan fingerprint density at radius 2 is 1.43 bits per heavy atom. The summed E-state index contributed by atoms with van der Waals surface area (Å²) in [4.78, 5) is 24.8. The lowest BCUT2D eigenvalue weighted by molar-refractivity contribution is -0.111. The Morgan fingerprint density at radius 3 is 2.20 bits per heavy atom. The van der Waals surface area contributed by atoms with Crippen LogP contribution in [0.3, 0.4) is 0 Å². The number of fused-ring (bicyclic) bond motifs is 1. The van der Waals surface area contributed by atoms with E-state index >= 15 is 0 Å². The summed E-state index contributed by atoms with van der Waals surface area (Å²) in [6.45, 7) is 1.04. The van der Waals surface area contributed by atoms with Crippen molar-refractivity contribution in [3.05, 3.63) is 90.0 Å². The van der Waals surface area contributed by atoms with Crippen LogP contribution in [-0.4, -0.2) is 25.0 Å². The van der Waals surface area contributed by atoms with E-state index in [2.05, 4.69) is 10.6 Å². The Morgan fingerprint density at radius 1 is 0.767 bits per heavy atom. The van der Waals surface area contributed by atoms with Crippen LogP contribution in [0.1, 0.15) is 15.9 Å². The molecule has 6 nitrogen and oxygen atoms in total. The van der Waals surface area contributed by atoms with Gasteiger partial charge in [-0.25, -0.2) is 0 Å². The van der Waals surface area contributed by atoms with Crippen LogP contribution in [0.2, 0.25) is 0 Å². The molecule has 0 unspecified atom stereocenters. The van der Waals surface area contributed by atoms with Crippen molar-refractivity contribution in [1.82, 2.24) is 0 Å². The molecule has 0 radical (unpaired) electrons. The number of anilines is 2. The molecule has 0 aliphatic carbocycles. The van der Waals surface area contributed by atoms with Crippen molar-refractivity contribution in [2.75, 3.05) is 23.8 Å². The zero-order valence-electron chi connectivity index (χ0n) is 16.1. The fourth-order valence-electron chi connectivity index (χ4n) is 3.00. The first-order chi connectivity index (χ1) is 14.7. The molecule has 0 fully saturated rings. The molecule has 2 N–H and O–H groups in total. The van der Waals surface area contributed by atoms with E-state index in [1.165, 1.54) is 6.08 Å². The van der Waals surface area contributed by atoms with Crippen LogP contribution in [0.15, 0.2) is 78.9 Å². The monoisotopic (exact) mass is 400 g/mol. The SMILES string of the molecule is O=C(/C=C/c1ccc2c(c1)OCCO2)Nc1ccccc1NC(=O)c1ccccc1. The summed E-state index contributed by atoms with van der Waals surface area (Å²) in [6, 6.07) is 21.4. The van der Waals surface area contributed by atoms with E-state index in [0.29, 0.717) is 41.7 Å². The van der Waals surface area contributed by atoms with Gasteiger partial charge in [0.15, 0.2) is 11.5 Å². The molecular formula is C24H20N2O4. The van der Waals surface area contributed by atoms with Crippen LogP contribution < -0.4 is 20.1 Å². The number of ether oxygens (including phenoxy) is 2. The molecule has 150 valence electrons. The van der Waals surface area contributed by atoms with E-state index in [-0.39, 0.29) is 11.8 Å². The van der Waals surface area contributed by atoms with Crippen molar-refractivity contribution < 1.29 is 19.1 Å². The summed E-state index contributed by atoms with van der Waals surface area (Å²) in [6.07, 6.45) is 3.12. The molecule has 1 heterocycles. The molecule has 30 heavy (non-hydrogen) atoms. The van der Waals surface area contributed by atoms with Gasteiger partial charge in [-0.2, -0.15) is 0 Å². The van der Waals surface area contributed by atoms with Gasteiger partial charge in [0, 0.05) is 11.6 Å². The van der Waals surface area contributed by atoms with Gasteiger partial charge in [0.2, 0.25) is 5.91 Å². The first-order valence-corrected chi connectivity index (χ1v) is 9.53. The highest BCUT2D eigenvalue weighted by molar-refractivity contribution is 6.09. The van der Waals surface area contributed by atoms with Crippen molar-refractivity contribution in [2.24, 2.45) is 0 Å².